The monoisotopic (exact) mass is 274 g/mol. The van der Waals surface area contributed by atoms with Gasteiger partial charge in [0.15, 0.2) is 0 Å². The Hall–Kier alpha value is -2.24. The number of piperazine rings is 1. The number of rotatable bonds is 2. The van der Waals surface area contributed by atoms with E-state index in [1.54, 1.807) is 11.1 Å². The number of aromatic amines is 1. The van der Waals surface area contributed by atoms with Crippen LogP contribution >= 0.6 is 0 Å². The van der Waals surface area contributed by atoms with Crippen molar-refractivity contribution in [2.45, 2.75) is 19.4 Å². The van der Waals surface area contributed by atoms with E-state index in [1.807, 2.05) is 25.3 Å². The third-order valence-electron chi connectivity index (χ3n) is 3.96. The van der Waals surface area contributed by atoms with E-state index in [1.165, 1.54) is 0 Å². The van der Waals surface area contributed by atoms with Crippen molar-refractivity contribution >= 4 is 22.8 Å². The Morgan fingerprint density at radius 2 is 2.40 bits per heavy atom. The molecule has 2 aromatic rings. The van der Waals surface area contributed by atoms with E-state index in [4.69, 9.17) is 0 Å². The topological polar surface area (TPSA) is 72.5 Å². The smallest absolute Gasteiger partial charge is 0.407 e. The molecule has 0 bridgehead atoms. The highest BCUT2D eigenvalue weighted by atomic mass is 16.4. The first kappa shape index (κ1) is 12.8. The Morgan fingerprint density at radius 3 is 3.15 bits per heavy atom. The minimum Gasteiger partial charge on any atom is -0.465 e. The van der Waals surface area contributed by atoms with Gasteiger partial charge in [0.05, 0.1) is 17.2 Å². The van der Waals surface area contributed by atoms with Gasteiger partial charge in [0.2, 0.25) is 0 Å². The molecule has 0 radical (unpaired) electrons. The number of H-pyrrole nitrogens is 1. The average molecular weight is 274 g/mol. The van der Waals surface area contributed by atoms with Crippen LogP contribution in [0.1, 0.15) is 13.3 Å². The number of anilines is 1. The number of hydrogen-bond donors (Lipinski definition) is 2. The van der Waals surface area contributed by atoms with E-state index >= 15 is 0 Å². The molecule has 0 aromatic carbocycles. The SMILES string of the molecule is CC[C@H]1CN(c2c[nH]c3cccnc23)CCN1C(=O)O. The van der Waals surface area contributed by atoms with Gasteiger partial charge in [0.1, 0.15) is 5.52 Å². The zero-order valence-electron chi connectivity index (χ0n) is 11.4. The summed E-state index contributed by atoms with van der Waals surface area (Å²) in [5, 5.41) is 9.22. The van der Waals surface area contributed by atoms with E-state index in [9.17, 15) is 9.90 Å². The fourth-order valence-corrected chi connectivity index (χ4v) is 2.86. The number of carboxylic acid groups (broad SMARTS) is 1. The summed E-state index contributed by atoms with van der Waals surface area (Å²) in [6.07, 6.45) is 3.73. The molecule has 0 unspecified atom stereocenters. The van der Waals surface area contributed by atoms with Gasteiger partial charge < -0.3 is 19.9 Å². The summed E-state index contributed by atoms with van der Waals surface area (Å²) in [5.41, 5.74) is 3.02. The standard InChI is InChI=1S/C14H18N4O2/c1-2-10-9-17(6-7-18(10)14(19)20)12-8-16-11-4-3-5-15-13(11)12/h3-5,8,10,16H,2,6-7,9H2,1H3,(H,19,20)/t10-/m0/s1. The number of nitrogens with zero attached hydrogens (tertiary/aromatic N) is 3. The summed E-state index contributed by atoms with van der Waals surface area (Å²) in [4.78, 5) is 22.6. The van der Waals surface area contributed by atoms with E-state index in [2.05, 4.69) is 14.9 Å². The summed E-state index contributed by atoms with van der Waals surface area (Å²) in [6, 6.07) is 3.94. The molecule has 1 amide bonds. The maximum absolute atomic E-state index is 11.2. The predicted molar refractivity (Wildman–Crippen MR) is 77.1 cm³/mol. The third kappa shape index (κ3) is 2.07. The number of hydrogen-bond acceptors (Lipinski definition) is 3. The van der Waals surface area contributed by atoms with Crippen LogP contribution in [0.4, 0.5) is 10.5 Å². The zero-order chi connectivity index (χ0) is 14.1. The minimum atomic E-state index is -0.825. The van der Waals surface area contributed by atoms with Crippen LogP contribution in [0.15, 0.2) is 24.5 Å². The van der Waals surface area contributed by atoms with Gasteiger partial charge >= 0.3 is 6.09 Å². The van der Waals surface area contributed by atoms with E-state index in [0.717, 1.165) is 23.1 Å². The highest BCUT2D eigenvalue weighted by Gasteiger charge is 2.30. The van der Waals surface area contributed by atoms with Crippen molar-refractivity contribution in [3.05, 3.63) is 24.5 Å². The lowest BCUT2D eigenvalue weighted by Gasteiger charge is -2.40. The molecule has 1 atom stereocenters. The van der Waals surface area contributed by atoms with E-state index in [0.29, 0.717) is 19.6 Å². The predicted octanol–water partition coefficient (Wildman–Crippen LogP) is 2.14. The summed E-state index contributed by atoms with van der Waals surface area (Å²) in [5.74, 6) is 0. The van der Waals surface area contributed by atoms with Crippen molar-refractivity contribution in [1.29, 1.82) is 0 Å². The van der Waals surface area contributed by atoms with Gasteiger partial charge in [-0.05, 0) is 18.6 Å². The first-order chi connectivity index (χ1) is 9.70. The molecule has 3 rings (SSSR count). The van der Waals surface area contributed by atoms with Crippen molar-refractivity contribution in [3.63, 3.8) is 0 Å². The summed E-state index contributed by atoms with van der Waals surface area (Å²) in [7, 11) is 0. The molecule has 2 aromatic heterocycles. The molecule has 20 heavy (non-hydrogen) atoms. The van der Waals surface area contributed by atoms with Crippen molar-refractivity contribution < 1.29 is 9.90 Å². The molecule has 0 saturated carbocycles. The Morgan fingerprint density at radius 1 is 1.55 bits per heavy atom. The van der Waals surface area contributed by atoms with Crippen LogP contribution < -0.4 is 4.90 Å². The second-order valence-electron chi connectivity index (χ2n) is 5.06. The first-order valence-corrected chi connectivity index (χ1v) is 6.87. The van der Waals surface area contributed by atoms with Crippen LogP contribution in [0.25, 0.3) is 11.0 Å². The molecule has 0 spiro atoms. The summed E-state index contributed by atoms with van der Waals surface area (Å²) >= 11 is 0. The average Bonchev–Trinajstić information content (AvgIpc) is 2.90. The third-order valence-corrected chi connectivity index (χ3v) is 3.96. The lowest BCUT2D eigenvalue weighted by molar-refractivity contribution is 0.116. The molecular formula is C14H18N4O2. The number of aromatic nitrogens is 2. The van der Waals surface area contributed by atoms with Gasteiger partial charge in [-0.25, -0.2) is 4.79 Å². The molecular weight excluding hydrogens is 256 g/mol. The van der Waals surface area contributed by atoms with Gasteiger partial charge in [-0.15, -0.1) is 0 Å². The molecule has 0 aliphatic carbocycles. The molecule has 1 aliphatic rings. The molecule has 1 aliphatic heterocycles. The van der Waals surface area contributed by atoms with Gasteiger partial charge in [-0.3, -0.25) is 4.98 Å². The van der Waals surface area contributed by atoms with Gasteiger partial charge in [0, 0.05) is 32.0 Å². The Kier molecular flexibility index (Phi) is 3.22. The largest absolute Gasteiger partial charge is 0.465 e. The lowest BCUT2D eigenvalue weighted by atomic mass is 10.1. The van der Waals surface area contributed by atoms with Gasteiger partial charge in [0.25, 0.3) is 0 Å². The molecule has 6 heteroatoms. The number of pyridine rings is 1. The number of carbonyl (C=O) groups is 1. The fraction of sp³-hybridized carbons (Fsp3) is 0.429. The first-order valence-electron chi connectivity index (χ1n) is 6.87. The molecule has 1 fully saturated rings. The molecule has 6 nitrogen and oxygen atoms in total. The van der Waals surface area contributed by atoms with Crippen molar-refractivity contribution in [2.24, 2.45) is 0 Å². The second-order valence-corrected chi connectivity index (χ2v) is 5.06. The maximum Gasteiger partial charge on any atom is 0.407 e. The Labute approximate surface area is 117 Å². The van der Waals surface area contributed by atoms with Crippen LogP contribution in [0.5, 0.6) is 0 Å². The lowest BCUT2D eigenvalue weighted by Crippen LogP contribution is -2.54. The van der Waals surface area contributed by atoms with Crippen LogP contribution in [0.3, 0.4) is 0 Å². The normalized spacial score (nSPS) is 19.6. The fourth-order valence-electron chi connectivity index (χ4n) is 2.86. The van der Waals surface area contributed by atoms with E-state index in [-0.39, 0.29) is 6.04 Å². The van der Waals surface area contributed by atoms with Crippen molar-refractivity contribution in [3.8, 4) is 0 Å². The van der Waals surface area contributed by atoms with Crippen LogP contribution in [0, 0.1) is 0 Å². The number of fused-ring (bicyclic) bond motifs is 1. The highest BCUT2D eigenvalue weighted by Crippen LogP contribution is 2.27. The summed E-state index contributed by atoms with van der Waals surface area (Å²) < 4.78 is 0. The molecule has 106 valence electrons. The molecule has 2 N–H and O–H groups in total. The number of nitrogens with one attached hydrogen (secondary N) is 1. The maximum atomic E-state index is 11.2. The molecule has 1 saturated heterocycles. The summed E-state index contributed by atoms with van der Waals surface area (Å²) in [6.45, 7) is 3.98. The number of amides is 1. The minimum absolute atomic E-state index is 0.0370. The molecule has 3 heterocycles. The van der Waals surface area contributed by atoms with Crippen LogP contribution in [0.2, 0.25) is 0 Å². The Balaban J connectivity index is 1.87. The Bertz CT molecular complexity index is 624. The van der Waals surface area contributed by atoms with Crippen LogP contribution in [-0.2, 0) is 0 Å². The van der Waals surface area contributed by atoms with Gasteiger partial charge in [-0.2, -0.15) is 0 Å². The van der Waals surface area contributed by atoms with E-state index < -0.39 is 6.09 Å². The quantitative estimate of drug-likeness (QED) is 0.880. The second kappa shape index (κ2) is 5.03. The van der Waals surface area contributed by atoms with Gasteiger partial charge in [-0.1, -0.05) is 6.92 Å². The zero-order valence-corrected chi connectivity index (χ0v) is 11.4. The van der Waals surface area contributed by atoms with Crippen LogP contribution in [-0.4, -0.2) is 51.7 Å². The van der Waals surface area contributed by atoms with Crippen molar-refractivity contribution in [2.75, 3.05) is 24.5 Å². The van der Waals surface area contributed by atoms with Crippen molar-refractivity contribution in [1.82, 2.24) is 14.9 Å². The highest BCUT2D eigenvalue weighted by molar-refractivity contribution is 5.89.